The summed E-state index contributed by atoms with van der Waals surface area (Å²) in [6.45, 7) is -0.00571. The van der Waals surface area contributed by atoms with Crippen LogP contribution >= 0.6 is 11.3 Å². The van der Waals surface area contributed by atoms with Gasteiger partial charge in [-0.05, 0) is 35.7 Å². The van der Waals surface area contributed by atoms with Gasteiger partial charge in [0.25, 0.3) is 5.91 Å². The number of thiophene rings is 1. The van der Waals surface area contributed by atoms with Gasteiger partial charge in [-0.3, -0.25) is 4.79 Å². The predicted octanol–water partition coefficient (Wildman–Crippen LogP) is 2.87. The molecule has 0 saturated carbocycles. The number of rotatable bonds is 3. The summed E-state index contributed by atoms with van der Waals surface area (Å²) in [5.41, 5.74) is 1.15. The van der Waals surface area contributed by atoms with Crippen LogP contribution in [0, 0.1) is 17.7 Å². The van der Waals surface area contributed by atoms with Crippen molar-refractivity contribution in [1.82, 2.24) is 0 Å². The van der Waals surface area contributed by atoms with Gasteiger partial charge in [0, 0.05) is 17.7 Å². The van der Waals surface area contributed by atoms with Crippen molar-refractivity contribution in [2.75, 3.05) is 11.9 Å². The van der Waals surface area contributed by atoms with Gasteiger partial charge in [0.05, 0.1) is 6.61 Å². The van der Waals surface area contributed by atoms with Gasteiger partial charge in [0.2, 0.25) is 0 Å². The molecule has 1 amide bonds. The van der Waals surface area contributed by atoms with Crippen LogP contribution in [-0.4, -0.2) is 17.6 Å². The number of nitrogens with one attached hydrogen (secondary N) is 1. The molecule has 0 fully saturated rings. The van der Waals surface area contributed by atoms with Gasteiger partial charge in [0.15, 0.2) is 0 Å². The zero-order valence-corrected chi connectivity index (χ0v) is 11.3. The van der Waals surface area contributed by atoms with Crippen LogP contribution < -0.4 is 5.32 Å². The monoisotopic (exact) mass is 289 g/mol. The van der Waals surface area contributed by atoms with E-state index in [4.69, 9.17) is 5.11 Å². The van der Waals surface area contributed by atoms with E-state index in [-0.39, 0.29) is 18.3 Å². The Bertz CT molecular complexity index is 653. The summed E-state index contributed by atoms with van der Waals surface area (Å²) in [5, 5.41) is 13.2. The highest BCUT2D eigenvalue weighted by Gasteiger charge is 2.12. The SMILES string of the molecule is O=C(Nc1ccc(F)cc1)c1sccc1C#CCCO. The number of aliphatic hydroxyl groups is 1. The Morgan fingerprint density at radius 2 is 2.05 bits per heavy atom. The van der Waals surface area contributed by atoms with E-state index in [0.717, 1.165) is 0 Å². The molecular weight excluding hydrogens is 277 g/mol. The number of carbonyl (C=O) groups excluding carboxylic acids is 1. The van der Waals surface area contributed by atoms with Gasteiger partial charge in [-0.15, -0.1) is 11.3 Å². The lowest BCUT2D eigenvalue weighted by atomic mass is 10.2. The van der Waals surface area contributed by atoms with Crippen molar-refractivity contribution < 1.29 is 14.3 Å². The molecule has 1 aromatic heterocycles. The molecule has 5 heteroatoms. The quantitative estimate of drug-likeness (QED) is 0.854. The number of anilines is 1. The minimum absolute atomic E-state index is 0.00571. The molecular formula is C15H12FNO2S. The Balaban J connectivity index is 2.12. The maximum absolute atomic E-state index is 12.8. The minimum atomic E-state index is -0.352. The summed E-state index contributed by atoms with van der Waals surface area (Å²) in [6.07, 6.45) is 0.370. The average molecular weight is 289 g/mol. The zero-order valence-electron chi connectivity index (χ0n) is 10.5. The Morgan fingerprint density at radius 1 is 1.30 bits per heavy atom. The summed E-state index contributed by atoms with van der Waals surface area (Å²) in [7, 11) is 0. The topological polar surface area (TPSA) is 49.3 Å². The maximum Gasteiger partial charge on any atom is 0.267 e. The molecule has 2 rings (SSSR count). The highest BCUT2D eigenvalue weighted by molar-refractivity contribution is 7.12. The van der Waals surface area contributed by atoms with Crippen LogP contribution in [0.3, 0.4) is 0 Å². The van der Waals surface area contributed by atoms with E-state index in [2.05, 4.69) is 17.2 Å². The molecule has 102 valence electrons. The lowest BCUT2D eigenvalue weighted by Crippen LogP contribution is -2.11. The van der Waals surface area contributed by atoms with Crippen molar-refractivity contribution >= 4 is 22.9 Å². The fourth-order valence-electron chi connectivity index (χ4n) is 1.52. The van der Waals surface area contributed by atoms with Crippen molar-refractivity contribution in [1.29, 1.82) is 0 Å². The third-order valence-corrected chi connectivity index (χ3v) is 3.35. The number of amides is 1. The second-order valence-corrected chi connectivity index (χ2v) is 4.82. The van der Waals surface area contributed by atoms with Crippen LogP contribution in [-0.2, 0) is 0 Å². The lowest BCUT2D eigenvalue weighted by molar-refractivity contribution is 0.103. The molecule has 0 aliphatic heterocycles. The number of hydrogen-bond donors (Lipinski definition) is 2. The first kappa shape index (κ1) is 14.3. The smallest absolute Gasteiger partial charge is 0.267 e. The van der Waals surface area contributed by atoms with Crippen molar-refractivity contribution in [3.63, 3.8) is 0 Å². The third kappa shape index (κ3) is 3.67. The van der Waals surface area contributed by atoms with Gasteiger partial charge >= 0.3 is 0 Å². The second-order valence-electron chi connectivity index (χ2n) is 3.90. The normalized spacial score (nSPS) is 9.70. The molecule has 3 nitrogen and oxygen atoms in total. The molecule has 2 N–H and O–H groups in total. The Labute approximate surface area is 120 Å². The average Bonchev–Trinajstić information content (AvgIpc) is 2.90. The summed E-state index contributed by atoms with van der Waals surface area (Å²) in [6, 6.07) is 7.32. The number of aliphatic hydroxyl groups excluding tert-OH is 1. The molecule has 2 aromatic rings. The molecule has 0 spiro atoms. The van der Waals surface area contributed by atoms with Crippen molar-refractivity contribution in [2.45, 2.75) is 6.42 Å². The fraction of sp³-hybridized carbons (Fsp3) is 0.133. The first-order valence-corrected chi connectivity index (χ1v) is 6.83. The lowest BCUT2D eigenvalue weighted by Gasteiger charge is -2.03. The molecule has 0 aliphatic carbocycles. The van der Waals surface area contributed by atoms with Crippen molar-refractivity contribution in [2.24, 2.45) is 0 Å². The van der Waals surface area contributed by atoms with E-state index in [0.29, 0.717) is 22.5 Å². The molecule has 0 saturated heterocycles. The van der Waals surface area contributed by atoms with Gasteiger partial charge in [-0.25, -0.2) is 4.39 Å². The maximum atomic E-state index is 12.8. The highest BCUT2D eigenvalue weighted by atomic mass is 32.1. The second kappa shape index (κ2) is 6.85. The number of halogens is 1. The van der Waals surface area contributed by atoms with Crippen molar-refractivity contribution in [3.05, 3.63) is 52.0 Å². The van der Waals surface area contributed by atoms with Gasteiger partial charge in [0.1, 0.15) is 10.7 Å². The number of carbonyl (C=O) groups is 1. The fourth-order valence-corrected chi connectivity index (χ4v) is 2.26. The summed E-state index contributed by atoms with van der Waals surface area (Å²) >= 11 is 1.29. The number of hydrogen-bond acceptors (Lipinski definition) is 3. The van der Waals surface area contributed by atoms with Crippen LogP contribution in [0.15, 0.2) is 35.7 Å². The third-order valence-electron chi connectivity index (χ3n) is 2.43. The molecule has 0 radical (unpaired) electrons. The van der Waals surface area contributed by atoms with Crippen LogP contribution in [0.4, 0.5) is 10.1 Å². The Kier molecular flexibility index (Phi) is 4.88. The molecule has 0 bridgehead atoms. The summed E-state index contributed by atoms with van der Waals surface area (Å²) in [4.78, 5) is 12.6. The molecule has 0 atom stereocenters. The zero-order chi connectivity index (χ0) is 14.4. The van der Waals surface area contributed by atoms with E-state index < -0.39 is 0 Å². The first-order chi connectivity index (χ1) is 9.70. The highest BCUT2D eigenvalue weighted by Crippen LogP contribution is 2.18. The molecule has 1 aromatic carbocycles. The number of benzene rings is 1. The largest absolute Gasteiger partial charge is 0.395 e. The van der Waals surface area contributed by atoms with Crippen LogP contribution in [0.25, 0.3) is 0 Å². The predicted molar refractivity (Wildman–Crippen MR) is 77.3 cm³/mol. The van der Waals surface area contributed by atoms with Gasteiger partial charge in [-0.1, -0.05) is 11.8 Å². The standard InChI is InChI=1S/C15H12FNO2S/c16-12-4-6-13(7-5-12)17-15(19)14-11(8-10-20-14)3-1-2-9-18/h4-8,10,18H,2,9H2,(H,17,19). The van der Waals surface area contributed by atoms with Gasteiger partial charge in [-0.2, -0.15) is 0 Å². The molecule has 0 unspecified atom stereocenters. The summed E-state index contributed by atoms with van der Waals surface area (Å²) < 4.78 is 12.8. The van der Waals surface area contributed by atoms with E-state index in [1.807, 2.05) is 0 Å². The molecule has 0 aliphatic rings. The van der Waals surface area contributed by atoms with Crippen molar-refractivity contribution in [3.8, 4) is 11.8 Å². The molecule has 1 heterocycles. The van der Waals surface area contributed by atoms with E-state index in [1.54, 1.807) is 11.4 Å². The minimum Gasteiger partial charge on any atom is -0.395 e. The van der Waals surface area contributed by atoms with E-state index in [1.165, 1.54) is 35.6 Å². The molecule has 20 heavy (non-hydrogen) atoms. The van der Waals surface area contributed by atoms with Crippen LogP contribution in [0.2, 0.25) is 0 Å². The Morgan fingerprint density at radius 3 is 2.75 bits per heavy atom. The van der Waals surface area contributed by atoms with Crippen LogP contribution in [0.1, 0.15) is 21.7 Å². The first-order valence-electron chi connectivity index (χ1n) is 5.95. The van der Waals surface area contributed by atoms with Gasteiger partial charge < -0.3 is 10.4 Å². The Hall–Kier alpha value is -2.16. The van der Waals surface area contributed by atoms with E-state index >= 15 is 0 Å². The van der Waals surface area contributed by atoms with Crippen LogP contribution in [0.5, 0.6) is 0 Å². The van der Waals surface area contributed by atoms with E-state index in [9.17, 15) is 9.18 Å². The summed E-state index contributed by atoms with van der Waals surface area (Å²) in [5.74, 6) is 5.00.